The highest BCUT2D eigenvalue weighted by Crippen LogP contribution is 2.40. The van der Waals surface area contributed by atoms with Crippen LogP contribution in [-0.4, -0.2) is 29.8 Å². The number of fused-ring (bicyclic) bond motifs is 1. The van der Waals surface area contributed by atoms with E-state index in [-0.39, 0.29) is 10.3 Å². The van der Waals surface area contributed by atoms with Gasteiger partial charge in [-0.15, -0.1) is 6.58 Å². The molecule has 0 amide bonds. The third-order valence-corrected chi connectivity index (χ3v) is 4.92. The van der Waals surface area contributed by atoms with Crippen LogP contribution in [0.3, 0.4) is 0 Å². The van der Waals surface area contributed by atoms with Crippen molar-refractivity contribution in [1.82, 2.24) is 0 Å². The van der Waals surface area contributed by atoms with E-state index in [1.54, 1.807) is 6.07 Å². The van der Waals surface area contributed by atoms with Crippen molar-refractivity contribution in [1.29, 1.82) is 0 Å². The van der Waals surface area contributed by atoms with E-state index in [1.807, 2.05) is 26.8 Å². The fraction of sp³-hybridized carbons (Fsp3) is 0.400. The van der Waals surface area contributed by atoms with Crippen LogP contribution in [0.15, 0.2) is 35.7 Å². The van der Waals surface area contributed by atoms with Gasteiger partial charge in [0, 0.05) is 25.0 Å². The van der Waals surface area contributed by atoms with Crippen LogP contribution in [-0.2, 0) is 15.5 Å². The Morgan fingerprint density at radius 3 is 2.60 bits per heavy atom. The van der Waals surface area contributed by atoms with Gasteiger partial charge in [-0.25, -0.2) is 8.42 Å². The van der Waals surface area contributed by atoms with E-state index in [0.29, 0.717) is 0 Å². The smallest absolute Gasteiger partial charge is 0.209 e. The second-order valence-electron chi connectivity index (χ2n) is 5.57. The highest BCUT2D eigenvalue weighted by Gasteiger charge is 2.42. The molecule has 108 valence electrons. The van der Waals surface area contributed by atoms with Gasteiger partial charge in [0.1, 0.15) is 10.1 Å². The highest BCUT2D eigenvalue weighted by molar-refractivity contribution is 7.85. The average molecular weight is 293 g/mol. The van der Waals surface area contributed by atoms with E-state index in [0.717, 1.165) is 29.9 Å². The average Bonchev–Trinajstić information content (AvgIpc) is 2.55. The Bertz CT molecular complexity index is 700. The maximum absolute atomic E-state index is 11.2. The van der Waals surface area contributed by atoms with E-state index in [1.165, 1.54) is 12.1 Å². The van der Waals surface area contributed by atoms with Crippen LogP contribution in [0.25, 0.3) is 0 Å². The standard InChI is InChI=1S/C15H19NO3S/c1-5-6-9-16-11(2)15(3,4)13-10-12(20(17,18)19)7-8-14(13)16/h5,7-8,10H,1,6,9H2,2-4H3. The second kappa shape index (κ2) is 4.82. The molecule has 1 aromatic carbocycles. The molecule has 0 bridgehead atoms. The molecule has 2 rings (SSSR count). The molecule has 1 heterocycles. The van der Waals surface area contributed by atoms with Crippen LogP contribution < -0.4 is 0 Å². The molecule has 20 heavy (non-hydrogen) atoms. The van der Waals surface area contributed by atoms with E-state index in [9.17, 15) is 13.0 Å². The van der Waals surface area contributed by atoms with Gasteiger partial charge < -0.3 is 4.55 Å². The number of hydrogen-bond donors (Lipinski definition) is 0. The molecule has 0 atom stereocenters. The topological polar surface area (TPSA) is 60.2 Å². The Morgan fingerprint density at radius 2 is 2.05 bits per heavy atom. The van der Waals surface area contributed by atoms with Crippen LogP contribution in [0.1, 0.15) is 32.8 Å². The van der Waals surface area contributed by atoms with Crippen LogP contribution in [0, 0.1) is 0 Å². The zero-order chi connectivity index (χ0) is 15.1. The molecule has 0 saturated carbocycles. The fourth-order valence-corrected chi connectivity index (χ4v) is 3.13. The van der Waals surface area contributed by atoms with Crippen molar-refractivity contribution in [3.8, 4) is 0 Å². The van der Waals surface area contributed by atoms with Gasteiger partial charge in [0.15, 0.2) is 12.3 Å². The van der Waals surface area contributed by atoms with Gasteiger partial charge in [0.2, 0.25) is 5.69 Å². The lowest BCUT2D eigenvalue weighted by Crippen LogP contribution is -2.26. The molecule has 1 aromatic rings. The summed E-state index contributed by atoms with van der Waals surface area (Å²) in [5.74, 6) is 0. The summed E-state index contributed by atoms with van der Waals surface area (Å²) < 4.78 is 35.7. The minimum Gasteiger partial charge on any atom is -0.744 e. The lowest BCUT2D eigenvalue weighted by Gasteiger charge is -2.16. The molecule has 0 fully saturated rings. The van der Waals surface area contributed by atoms with Crippen LogP contribution in [0.2, 0.25) is 0 Å². The number of hydrogen-bond acceptors (Lipinski definition) is 3. The Labute approximate surface area is 120 Å². The molecule has 0 saturated heterocycles. The third kappa shape index (κ3) is 2.31. The highest BCUT2D eigenvalue weighted by atomic mass is 32.2. The van der Waals surface area contributed by atoms with E-state index >= 15 is 0 Å². The van der Waals surface area contributed by atoms with Crippen molar-refractivity contribution in [3.63, 3.8) is 0 Å². The maximum Gasteiger partial charge on any atom is 0.209 e. The Hall–Kier alpha value is -1.46. The molecule has 0 spiro atoms. The summed E-state index contributed by atoms with van der Waals surface area (Å²) in [5.41, 5.74) is 2.73. The summed E-state index contributed by atoms with van der Waals surface area (Å²) in [6, 6.07) is 4.62. The fourth-order valence-electron chi connectivity index (χ4n) is 2.63. The Kier molecular flexibility index (Phi) is 3.60. The predicted octanol–water partition coefficient (Wildman–Crippen LogP) is 2.56. The van der Waals surface area contributed by atoms with Crippen LogP contribution in [0.5, 0.6) is 0 Å². The van der Waals surface area contributed by atoms with Gasteiger partial charge in [-0.05, 0) is 26.0 Å². The molecule has 0 N–H and O–H groups in total. The van der Waals surface area contributed by atoms with E-state index in [4.69, 9.17) is 0 Å². The number of benzene rings is 1. The van der Waals surface area contributed by atoms with Crippen LogP contribution >= 0.6 is 0 Å². The Morgan fingerprint density at radius 1 is 1.40 bits per heavy atom. The lowest BCUT2D eigenvalue weighted by molar-refractivity contribution is -0.437. The predicted molar refractivity (Wildman–Crippen MR) is 77.7 cm³/mol. The molecule has 0 radical (unpaired) electrons. The first-order chi connectivity index (χ1) is 9.19. The normalized spacial score (nSPS) is 17.2. The molecular formula is C15H19NO3S. The van der Waals surface area contributed by atoms with Crippen molar-refractivity contribution in [2.24, 2.45) is 0 Å². The van der Waals surface area contributed by atoms with Crippen molar-refractivity contribution >= 4 is 21.5 Å². The van der Waals surface area contributed by atoms with Crippen molar-refractivity contribution in [2.75, 3.05) is 6.54 Å². The molecule has 0 unspecified atom stereocenters. The van der Waals surface area contributed by atoms with Crippen molar-refractivity contribution < 1.29 is 17.5 Å². The molecule has 0 aliphatic carbocycles. The summed E-state index contributed by atoms with van der Waals surface area (Å²) in [5, 5.41) is 0. The summed E-state index contributed by atoms with van der Waals surface area (Å²) in [7, 11) is -4.42. The van der Waals surface area contributed by atoms with Gasteiger partial charge in [0.05, 0.1) is 10.3 Å². The van der Waals surface area contributed by atoms with E-state index < -0.39 is 10.1 Å². The molecule has 4 nitrogen and oxygen atoms in total. The van der Waals surface area contributed by atoms with Gasteiger partial charge >= 0.3 is 0 Å². The first-order valence-electron chi connectivity index (χ1n) is 6.52. The summed E-state index contributed by atoms with van der Waals surface area (Å²) in [6.45, 7) is 10.6. The SMILES string of the molecule is C=CCC[N+]1=C(C)C(C)(C)c2cc(S(=O)(=O)[O-])ccc21. The summed E-state index contributed by atoms with van der Waals surface area (Å²) >= 11 is 0. The van der Waals surface area contributed by atoms with Gasteiger partial charge in [-0.2, -0.15) is 4.58 Å². The number of rotatable bonds is 4. The third-order valence-electron chi connectivity index (χ3n) is 4.09. The van der Waals surface area contributed by atoms with Gasteiger partial charge in [-0.3, -0.25) is 0 Å². The van der Waals surface area contributed by atoms with Crippen molar-refractivity contribution in [2.45, 2.75) is 37.5 Å². The zero-order valence-electron chi connectivity index (χ0n) is 12.0. The summed E-state index contributed by atoms with van der Waals surface area (Å²) in [6.07, 6.45) is 2.70. The van der Waals surface area contributed by atoms with Crippen molar-refractivity contribution in [3.05, 3.63) is 36.4 Å². The first kappa shape index (κ1) is 14.9. The molecule has 1 aliphatic rings. The second-order valence-corrected chi connectivity index (χ2v) is 6.95. The molecular weight excluding hydrogens is 274 g/mol. The summed E-state index contributed by atoms with van der Waals surface area (Å²) in [4.78, 5) is -0.164. The van der Waals surface area contributed by atoms with Gasteiger partial charge in [-0.1, -0.05) is 6.08 Å². The maximum atomic E-state index is 11.2. The minimum absolute atomic E-state index is 0.164. The van der Waals surface area contributed by atoms with E-state index in [2.05, 4.69) is 11.2 Å². The van der Waals surface area contributed by atoms with Gasteiger partial charge in [0.25, 0.3) is 0 Å². The quantitative estimate of drug-likeness (QED) is 0.487. The minimum atomic E-state index is -4.42. The largest absolute Gasteiger partial charge is 0.744 e. The molecule has 0 aromatic heterocycles. The molecule has 5 heteroatoms. The molecule has 1 aliphatic heterocycles. The zero-order valence-corrected chi connectivity index (χ0v) is 12.8. The number of nitrogens with zero attached hydrogens (tertiary/aromatic N) is 1. The Balaban J connectivity index is 2.60. The lowest BCUT2D eigenvalue weighted by atomic mass is 9.82. The van der Waals surface area contributed by atoms with Crippen LogP contribution in [0.4, 0.5) is 5.69 Å². The first-order valence-corrected chi connectivity index (χ1v) is 7.93. The monoisotopic (exact) mass is 293 g/mol.